The zero-order valence-corrected chi connectivity index (χ0v) is 10.8. The van der Waals surface area contributed by atoms with Crippen molar-refractivity contribution in [3.8, 4) is 0 Å². The summed E-state index contributed by atoms with van der Waals surface area (Å²) in [5, 5.41) is 3.24. The van der Waals surface area contributed by atoms with Crippen molar-refractivity contribution in [2.24, 2.45) is 5.41 Å². The first kappa shape index (κ1) is 13.3. The summed E-state index contributed by atoms with van der Waals surface area (Å²) in [5.74, 6) is -0.349. The van der Waals surface area contributed by atoms with Crippen LogP contribution in [0.25, 0.3) is 0 Å². The lowest BCUT2D eigenvalue weighted by molar-refractivity contribution is -0.134. The van der Waals surface area contributed by atoms with Gasteiger partial charge in [0, 0.05) is 22.9 Å². The van der Waals surface area contributed by atoms with Crippen LogP contribution in [0.15, 0.2) is 42.1 Å². The molecule has 0 saturated heterocycles. The molecule has 1 aromatic rings. The van der Waals surface area contributed by atoms with Crippen molar-refractivity contribution in [1.82, 2.24) is 0 Å². The first-order valence-electron chi connectivity index (χ1n) is 5.55. The van der Waals surface area contributed by atoms with Gasteiger partial charge in [-0.3, -0.25) is 0 Å². The highest BCUT2D eigenvalue weighted by Crippen LogP contribution is 2.26. The minimum absolute atomic E-state index is 0.149. The normalized spacial score (nSPS) is 12.1. The van der Waals surface area contributed by atoms with Gasteiger partial charge >= 0.3 is 5.97 Å². The molecule has 0 aromatic heterocycles. The minimum atomic E-state index is -0.349. The Kier molecular flexibility index (Phi) is 4.32. The van der Waals surface area contributed by atoms with Crippen molar-refractivity contribution in [3.63, 3.8) is 0 Å². The van der Waals surface area contributed by atoms with Crippen LogP contribution >= 0.6 is 0 Å². The topological polar surface area (TPSA) is 38.3 Å². The van der Waals surface area contributed by atoms with Crippen LogP contribution in [0.1, 0.15) is 20.8 Å². The second-order valence-corrected chi connectivity index (χ2v) is 4.82. The summed E-state index contributed by atoms with van der Waals surface area (Å²) >= 11 is 0. The highest BCUT2D eigenvalue weighted by molar-refractivity contribution is 5.83. The van der Waals surface area contributed by atoms with Crippen molar-refractivity contribution in [1.29, 1.82) is 0 Å². The van der Waals surface area contributed by atoms with E-state index < -0.39 is 0 Å². The molecule has 0 saturated carbocycles. The number of esters is 1. The monoisotopic (exact) mass is 233 g/mol. The average molecular weight is 233 g/mol. The lowest BCUT2D eigenvalue weighted by Gasteiger charge is -2.24. The van der Waals surface area contributed by atoms with Gasteiger partial charge in [-0.1, -0.05) is 39.0 Å². The Morgan fingerprint density at radius 3 is 2.29 bits per heavy atom. The molecule has 0 amide bonds. The molecule has 0 spiro atoms. The van der Waals surface area contributed by atoms with E-state index >= 15 is 0 Å². The number of carbonyl (C=O) groups is 1. The van der Waals surface area contributed by atoms with Crippen LogP contribution in [0, 0.1) is 5.41 Å². The molecular formula is C14H19NO2. The fourth-order valence-electron chi connectivity index (χ4n) is 1.29. The maximum absolute atomic E-state index is 11.3. The Balaban J connectivity index is 2.94. The van der Waals surface area contributed by atoms with Crippen LogP contribution in [0.5, 0.6) is 0 Å². The van der Waals surface area contributed by atoms with Gasteiger partial charge in [0.2, 0.25) is 0 Å². The Bertz CT molecular complexity index is 402. The zero-order chi connectivity index (χ0) is 12.9. The summed E-state index contributed by atoms with van der Waals surface area (Å²) in [5.41, 5.74) is 1.64. The summed E-state index contributed by atoms with van der Waals surface area (Å²) in [6, 6.07) is 9.75. The molecule has 0 aliphatic rings. The molecule has 0 radical (unpaired) electrons. The lowest BCUT2D eigenvalue weighted by atomic mass is 9.91. The van der Waals surface area contributed by atoms with E-state index in [1.54, 1.807) is 0 Å². The fraction of sp³-hybridized carbons (Fsp3) is 0.357. The molecule has 0 bridgehead atoms. The van der Waals surface area contributed by atoms with E-state index in [2.05, 4.69) is 10.1 Å². The van der Waals surface area contributed by atoms with E-state index in [1.807, 2.05) is 51.1 Å². The number of carbonyl (C=O) groups excluding carboxylic acids is 1. The second-order valence-electron chi connectivity index (χ2n) is 4.82. The van der Waals surface area contributed by atoms with Crippen LogP contribution in [0.2, 0.25) is 0 Å². The number of anilines is 1. The number of para-hydroxylation sites is 1. The lowest BCUT2D eigenvalue weighted by Crippen LogP contribution is -2.18. The first-order valence-corrected chi connectivity index (χ1v) is 5.55. The molecule has 0 heterocycles. The molecular weight excluding hydrogens is 214 g/mol. The van der Waals surface area contributed by atoms with Crippen molar-refractivity contribution in [3.05, 3.63) is 42.1 Å². The molecule has 0 aliphatic carbocycles. The number of methoxy groups -OCH3 is 1. The van der Waals surface area contributed by atoms with E-state index in [4.69, 9.17) is 0 Å². The SMILES string of the molecule is COC(=O)/C=C(\Nc1ccccc1)C(C)(C)C. The number of nitrogens with one attached hydrogen (secondary N) is 1. The maximum atomic E-state index is 11.3. The number of benzene rings is 1. The van der Waals surface area contributed by atoms with Gasteiger partial charge in [0.15, 0.2) is 0 Å². The summed E-state index contributed by atoms with van der Waals surface area (Å²) < 4.78 is 4.66. The smallest absolute Gasteiger partial charge is 0.332 e. The Morgan fingerprint density at radius 1 is 1.24 bits per heavy atom. The first-order chi connectivity index (χ1) is 7.93. The molecule has 17 heavy (non-hydrogen) atoms. The molecule has 1 aromatic carbocycles. The summed E-state index contributed by atoms with van der Waals surface area (Å²) in [6.45, 7) is 6.12. The van der Waals surface area contributed by atoms with E-state index in [0.29, 0.717) is 0 Å². The number of allylic oxidation sites excluding steroid dienone is 1. The Labute approximate surface area is 102 Å². The van der Waals surface area contributed by atoms with Crippen molar-refractivity contribution >= 4 is 11.7 Å². The largest absolute Gasteiger partial charge is 0.466 e. The van der Waals surface area contributed by atoms with Gasteiger partial charge in [0.1, 0.15) is 0 Å². The Morgan fingerprint density at radius 2 is 1.82 bits per heavy atom. The third-order valence-corrected chi connectivity index (χ3v) is 2.32. The summed E-state index contributed by atoms with van der Waals surface area (Å²) in [7, 11) is 1.38. The molecule has 0 unspecified atom stereocenters. The predicted octanol–water partition coefficient (Wildman–Crippen LogP) is 3.20. The highest BCUT2D eigenvalue weighted by atomic mass is 16.5. The standard InChI is InChI=1S/C14H19NO2/c1-14(2,3)12(10-13(16)17-4)15-11-8-6-5-7-9-11/h5-10,15H,1-4H3/b12-10-. The van der Waals surface area contributed by atoms with Gasteiger partial charge in [-0.2, -0.15) is 0 Å². The third-order valence-electron chi connectivity index (χ3n) is 2.32. The van der Waals surface area contributed by atoms with E-state index in [-0.39, 0.29) is 11.4 Å². The van der Waals surface area contributed by atoms with Gasteiger partial charge in [-0.15, -0.1) is 0 Å². The van der Waals surface area contributed by atoms with Gasteiger partial charge in [0.25, 0.3) is 0 Å². The molecule has 0 atom stereocenters. The third kappa shape index (κ3) is 4.31. The quantitative estimate of drug-likeness (QED) is 0.643. The molecule has 3 heteroatoms. The van der Waals surface area contributed by atoms with Crippen molar-refractivity contribution in [2.45, 2.75) is 20.8 Å². The zero-order valence-electron chi connectivity index (χ0n) is 10.8. The van der Waals surface area contributed by atoms with E-state index in [9.17, 15) is 4.79 Å². The fourth-order valence-corrected chi connectivity index (χ4v) is 1.29. The molecule has 92 valence electrons. The van der Waals surface area contributed by atoms with Crippen LogP contribution in [-0.2, 0) is 9.53 Å². The highest BCUT2D eigenvalue weighted by Gasteiger charge is 2.18. The van der Waals surface area contributed by atoms with Crippen LogP contribution < -0.4 is 5.32 Å². The van der Waals surface area contributed by atoms with E-state index in [0.717, 1.165) is 11.4 Å². The second kappa shape index (κ2) is 5.53. The molecule has 0 aliphatic heterocycles. The molecule has 3 nitrogen and oxygen atoms in total. The van der Waals surface area contributed by atoms with Crippen LogP contribution in [0.3, 0.4) is 0 Å². The summed E-state index contributed by atoms with van der Waals surface area (Å²) in [4.78, 5) is 11.3. The van der Waals surface area contributed by atoms with Crippen LogP contribution in [-0.4, -0.2) is 13.1 Å². The molecule has 1 N–H and O–H groups in total. The van der Waals surface area contributed by atoms with Gasteiger partial charge in [-0.25, -0.2) is 4.79 Å². The number of hydrogen-bond acceptors (Lipinski definition) is 3. The summed E-state index contributed by atoms with van der Waals surface area (Å²) in [6.07, 6.45) is 1.49. The van der Waals surface area contributed by atoms with Crippen molar-refractivity contribution in [2.75, 3.05) is 12.4 Å². The number of rotatable bonds is 3. The maximum Gasteiger partial charge on any atom is 0.332 e. The van der Waals surface area contributed by atoms with Crippen LogP contribution in [0.4, 0.5) is 5.69 Å². The van der Waals surface area contributed by atoms with Gasteiger partial charge in [0.05, 0.1) is 7.11 Å². The van der Waals surface area contributed by atoms with E-state index in [1.165, 1.54) is 13.2 Å². The minimum Gasteiger partial charge on any atom is -0.466 e. The predicted molar refractivity (Wildman–Crippen MR) is 69.6 cm³/mol. The van der Waals surface area contributed by atoms with Crippen molar-refractivity contribution < 1.29 is 9.53 Å². The average Bonchev–Trinajstić information content (AvgIpc) is 2.28. The van der Waals surface area contributed by atoms with Gasteiger partial charge < -0.3 is 10.1 Å². The number of ether oxygens (including phenoxy) is 1. The van der Waals surface area contributed by atoms with Gasteiger partial charge in [-0.05, 0) is 12.1 Å². The number of hydrogen-bond donors (Lipinski definition) is 1. The molecule has 0 fully saturated rings. The molecule has 1 rings (SSSR count). The Hall–Kier alpha value is -1.77.